The highest BCUT2D eigenvalue weighted by Gasteiger charge is 2.25. The Morgan fingerprint density at radius 2 is 2.00 bits per heavy atom. The number of rotatable bonds is 3. The molecule has 1 aliphatic heterocycles. The van der Waals surface area contributed by atoms with Crippen molar-refractivity contribution in [2.75, 3.05) is 11.4 Å². The van der Waals surface area contributed by atoms with Gasteiger partial charge in [0.2, 0.25) is 0 Å². The van der Waals surface area contributed by atoms with Crippen molar-refractivity contribution in [3.05, 3.63) is 48.0 Å². The second kappa shape index (κ2) is 5.21. The highest BCUT2D eigenvalue weighted by atomic mass is 32.2. The first-order valence-electron chi connectivity index (χ1n) is 6.95. The van der Waals surface area contributed by atoms with Gasteiger partial charge in [0.1, 0.15) is 17.6 Å². The summed E-state index contributed by atoms with van der Waals surface area (Å²) in [6, 6.07) is 11.1. The standard InChI is InChI=1S/C16H17NO4S/c1-11-8-12-9-15(6-7-16(12)21-11)22(19,20)17(2)13-4-3-5-14(18)10-13/h3-7,9-11,18H,8H2,1-2H3/t11-/m0/s1. The Balaban J connectivity index is 1.98. The maximum absolute atomic E-state index is 12.7. The second-order valence-electron chi connectivity index (χ2n) is 5.39. The van der Waals surface area contributed by atoms with E-state index in [9.17, 15) is 13.5 Å². The third kappa shape index (κ3) is 2.50. The quantitative estimate of drug-likeness (QED) is 0.944. The van der Waals surface area contributed by atoms with Crippen LogP contribution in [0.3, 0.4) is 0 Å². The molecule has 3 rings (SSSR count). The fraction of sp³-hybridized carbons (Fsp3) is 0.250. The third-order valence-electron chi connectivity index (χ3n) is 3.72. The zero-order valence-electron chi connectivity index (χ0n) is 12.4. The largest absolute Gasteiger partial charge is 0.508 e. The van der Waals surface area contributed by atoms with E-state index < -0.39 is 10.0 Å². The minimum atomic E-state index is -3.68. The van der Waals surface area contributed by atoms with Crippen LogP contribution in [-0.2, 0) is 16.4 Å². The lowest BCUT2D eigenvalue weighted by Crippen LogP contribution is -2.26. The number of phenols is 1. The van der Waals surface area contributed by atoms with E-state index >= 15 is 0 Å². The highest BCUT2D eigenvalue weighted by molar-refractivity contribution is 7.92. The summed E-state index contributed by atoms with van der Waals surface area (Å²) in [5.41, 5.74) is 1.31. The van der Waals surface area contributed by atoms with Gasteiger partial charge in [0.15, 0.2) is 0 Å². The molecule has 5 nitrogen and oxygen atoms in total. The molecule has 0 unspecified atom stereocenters. The SMILES string of the molecule is C[C@H]1Cc2cc(S(=O)(=O)N(C)c3cccc(O)c3)ccc2O1. The molecule has 1 aliphatic rings. The van der Waals surface area contributed by atoms with Gasteiger partial charge in [-0.3, -0.25) is 4.31 Å². The Morgan fingerprint density at radius 1 is 1.23 bits per heavy atom. The van der Waals surface area contributed by atoms with Crippen LogP contribution < -0.4 is 9.04 Å². The van der Waals surface area contributed by atoms with E-state index in [1.165, 1.54) is 19.2 Å². The van der Waals surface area contributed by atoms with E-state index in [2.05, 4.69) is 0 Å². The number of sulfonamides is 1. The van der Waals surface area contributed by atoms with E-state index in [-0.39, 0.29) is 16.7 Å². The van der Waals surface area contributed by atoms with Gasteiger partial charge in [0.05, 0.1) is 10.6 Å². The number of phenolic OH excluding ortho intramolecular Hbond substituents is 1. The molecule has 0 amide bonds. The maximum atomic E-state index is 12.7. The van der Waals surface area contributed by atoms with Crippen molar-refractivity contribution in [3.8, 4) is 11.5 Å². The number of hydrogen-bond donors (Lipinski definition) is 1. The lowest BCUT2D eigenvalue weighted by atomic mass is 10.1. The van der Waals surface area contributed by atoms with E-state index in [0.717, 1.165) is 15.6 Å². The molecule has 116 valence electrons. The zero-order chi connectivity index (χ0) is 15.9. The van der Waals surface area contributed by atoms with Crippen LogP contribution in [0.2, 0.25) is 0 Å². The Kier molecular flexibility index (Phi) is 3.48. The van der Waals surface area contributed by atoms with Crippen molar-refractivity contribution < 1.29 is 18.3 Å². The van der Waals surface area contributed by atoms with Crippen LogP contribution in [0.5, 0.6) is 11.5 Å². The monoisotopic (exact) mass is 319 g/mol. The zero-order valence-corrected chi connectivity index (χ0v) is 13.2. The second-order valence-corrected chi connectivity index (χ2v) is 7.36. The van der Waals surface area contributed by atoms with E-state index in [4.69, 9.17) is 4.74 Å². The van der Waals surface area contributed by atoms with E-state index in [1.54, 1.807) is 30.3 Å². The van der Waals surface area contributed by atoms with Crippen molar-refractivity contribution >= 4 is 15.7 Å². The molecule has 22 heavy (non-hydrogen) atoms. The summed E-state index contributed by atoms with van der Waals surface area (Å²) in [6.45, 7) is 1.95. The van der Waals surface area contributed by atoms with E-state index in [1.807, 2.05) is 6.92 Å². The molecule has 1 N–H and O–H groups in total. The van der Waals surface area contributed by atoms with Crippen LogP contribution in [-0.4, -0.2) is 26.7 Å². The number of benzene rings is 2. The van der Waals surface area contributed by atoms with Gasteiger partial charge in [-0.05, 0) is 42.8 Å². The topological polar surface area (TPSA) is 66.8 Å². The van der Waals surface area contributed by atoms with Crippen LogP contribution in [0.25, 0.3) is 0 Å². The van der Waals surface area contributed by atoms with Gasteiger partial charge in [0, 0.05) is 19.5 Å². The molecule has 1 atom stereocenters. The molecule has 2 aromatic rings. The number of aromatic hydroxyl groups is 1. The molecule has 6 heteroatoms. The van der Waals surface area contributed by atoms with E-state index in [0.29, 0.717) is 12.1 Å². The lowest BCUT2D eigenvalue weighted by Gasteiger charge is -2.20. The summed E-state index contributed by atoms with van der Waals surface area (Å²) in [5.74, 6) is 0.766. The molecule has 0 saturated heterocycles. The van der Waals surface area contributed by atoms with Crippen molar-refractivity contribution in [2.45, 2.75) is 24.3 Å². The van der Waals surface area contributed by atoms with Gasteiger partial charge in [-0.1, -0.05) is 6.07 Å². The Hall–Kier alpha value is -2.21. The smallest absolute Gasteiger partial charge is 0.264 e. The molecular formula is C16H17NO4S. The first-order chi connectivity index (χ1) is 10.4. The normalized spacial score (nSPS) is 16.9. The molecule has 0 fully saturated rings. The fourth-order valence-electron chi connectivity index (χ4n) is 2.54. The van der Waals surface area contributed by atoms with Crippen molar-refractivity contribution in [2.24, 2.45) is 0 Å². The van der Waals surface area contributed by atoms with Gasteiger partial charge in [0.25, 0.3) is 10.0 Å². The van der Waals surface area contributed by atoms with Crippen molar-refractivity contribution in [1.29, 1.82) is 0 Å². The lowest BCUT2D eigenvalue weighted by molar-refractivity contribution is 0.254. The van der Waals surface area contributed by atoms with Crippen LogP contribution in [0.15, 0.2) is 47.4 Å². The highest BCUT2D eigenvalue weighted by Crippen LogP contribution is 2.32. The molecule has 0 saturated carbocycles. The van der Waals surface area contributed by atoms with Crippen molar-refractivity contribution in [1.82, 2.24) is 0 Å². The fourth-order valence-corrected chi connectivity index (χ4v) is 3.78. The number of anilines is 1. The molecule has 0 radical (unpaired) electrons. The van der Waals surface area contributed by atoms with Crippen LogP contribution in [0.4, 0.5) is 5.69 Å². The summed E-state index contributed by atoms with van der Waals surface area (Å²) >= 11 is 0. The van der Waals surface area contributed by atoms with Gasteiger partial charge in [-0.25, -0.2) is 8.42 Å². The van der Waals surface area contributed by atoms with Gasteiger partial charge >= 0.3 is 0 Å². The Morgan fingerprint density at radius 3 is 2.73 bits per heavy atom. The molecular weight excluding hydrogens is 302 g/mol. The summed E-state index contributed by atoms with van der Waals surface area (Å²) in [4.78, 5) is 0.217. The third-order valence-corrected chi connectivity index (χ3v) is 5.50. The summed E-state index contributed by atoms with van der Waals surface area (Å²) in [7, 11) is -2.21. The van der Waals surface area contributed by atoms with Crippen molar-refractivity contribution in [3.63, 3.8) is 0 Å². The molecule has 1 heterocycles. The predicted molar refractivity (Wildman–Crippen MR) is 83.9 cm³/mol. The maximum Gasteiger partial charge on any atom is 0.264 e. The summed E-state index contributed by atoms with van der Waals surface area (Å²) in [5, 5.41) is 9.52. The van der Waals surface area contributed by atoms with Gasteiger partial charge < -0.3 is 9.84 Å². The number of fused-ring (bicyclic) bond motifs is 1. The Labute approximate surface area is 129 Å². The average molecular weight is 319 g/mol. The van der Waals surface area contributed by atoms with Gasteiger partial charge in [-0.2, -0.15) is 0 Å². The first-order valence-corrected chi connectivity index (χ1v) is 8.39. The number of ether oxygens (including phenoxy) is 1. The average Bonchev–Trinajstić information content (AvgIpc) is 2.85. The first kappa shape index (κ1) is 14.7. The van der Waals surface area contributed by atoms with Crippen LogP contribution in [0.1, 0.15) is 12.5 Å². The summed E-state index contributed by atoms with van der Waals surface area (Å²) in [6.07, 6.45) is 0.769. The van der Waals surface area contributed by atoms with Gasteiger partial charge in [-0.15, -0.1) is 0 Å². The predicted octanol–water partition coefficient (Wildman–Crippen LogP) is 2.54. The minimum Gasteiger partial charge on any atom is -0.508 e. The van der Waals surface area contributed by atoms with Crippen LogP contribution in [0, 0.1) is 0 Å². The molecule has 2 aromatic carbocycles. The number of nitrogens with zero attached hydrogens (tertiary/aromatic N) is 1. The molecule has 0 aliphatic carbocycles. The Bertz CT molecular complexity index is 817. The number of hydrogen-bond acceptors (Lipinski definition) is 4. The van der Waals surface area contributed by atoms with Crippen LogP contribution >= 0.6 is 0 Å². The molecule has 0 spiro atoms. The summed E-state index contributed by atoms with van der Waals surface area (Å²) < 4.78 is 32.2. The molecule has 0 aromatic heterocycles. The minimum absolute atomic E-state index is 0.0238. The molecule has 0 bridgehead atoms.